The standard InChI is InChI=1S/C20H21F2NO3/c1-10-15(19(25)26-4)16(11-6-5-7-12(21)18(11)22)17-13(23-10)8-20(2,3)9-14(17)24/h5-7,16,23H,8-9H2,1-4H3. The number of allylic oxidation sites excluding steroid dienone is 3. The molecule has 138 valence electrons. The summed E-state index contributed by atoms with van der Waals surface area (Å²) in [5.74, 6) is -3.91. The van der Waals surface area contributed by atoms with Gasteiger partial charge in [-0.15, -0.1) is 0 Å². The van der Waals surface area contributed by atoms with Crippen LogP contribution < -0.4 is 5.32 Å². The van der Waals surface area contributed by atoms with Crippen LogP contribution in [0, 0.1) is 17.0 Å². The van der Waals surface area contributed by atoms with E-state index in [0.717, 1.165) is 6.07 Å². The van der Waals surface area contributed by atoms with Crippen LogP contribution in [0.2, 0.25) is 0 Å². The highest BCUT2D eigenvalue weighted by Gasteiger charge is 2.44. The van der Waals surface area contributed by atoms with E-state index in [1.807, 2.05) is 13.8 Å². The van der Waals surface area contributed by atoms with Gasteiger partial charge in [0.1, 0.15) is 0 Å². The van der Waals surface area contributed by atoms with Crippen LogP contribution in [0.15, 0.2) is 40.7 Å². The quantitative estimate of drug-likeness (QED) is 0.816. The van der Waals surface area contributed by atoms with Gasteiger partial charge in [0.25, 0.3) is 0 Å². The molecule has 1 atom stereocenters. The highest BCUT2D eigenvalue weighted by Crippen LogP contribution is 2.47. The summed E-state index contributed by atoms with van der Waals surface area (Å²) in [6, 6.07) is 3.79. The summed E-state index contributed by atoms with van der Waals surface area (Å²) < 4.78 is 33.3. The molecule has 4 nitrogen and oxygen atoms in total. The van der Waals surface area contributed by atoms with Crippen molar-refractivity contribution in [3.8, 4) is 0 Å². The van der Waals surface area contributed by atoms with E-state index in [0.29, 0.717) is 23.4 Å². The second-order valence-electron chi connectivity index (χ2n) is 7.56. The molecule has 1 aliphatic carbocycles. The lowest BCUT2D eigenvalue weighted by atomic mass is 9.68. The van der Waals surface area contributed by atoms with Crippen molar-refractivity contribution < 1.29 is 23.1 Å². The van der Waals surface area contributed by atoms with Crippen LogP contribution in [0.3, 0.4) is 0 Å². The molecule has 1 aliphatic heterocycles. The second kappa shape index (κ2) is 6.34. The molecule has 1 heterocycles. The average Bonchev–Trinajstić information content (AvgIpc) is 2.54. The number of methoxy groups -OCH3 is 1. The molecule has 0 aromatic heterocycles. The van der Waals surface area contributed by atoms with Gasteiger partial charge in [0, 0.05) is 29.0 Å². The topological polar surface area (TPSA) is 55.4 Å². The van der Waals surface area contributed by atoms with Gasteiger partial charge < -0.3 is 10.1 Å². The molecule has 1 N–H and O–H groups in total. The van der Waals surface area contributed by atoms with Crippen LogP contribution in [-0.4, -0.2) is 18.9 Å². The molecule has 2 aliphatic rings. The fourth-order valence-corrected chi connectivity index (χ4v) is 3.87. The summed E-state index contributed by atoms with van der Waals surface area (Å²) in [6.45, 7) is 5.62. The van der Waals surface area contributed by atoms with E-state index in [1.54, 1.807) is 6.92 Å². The number of Topliss-reactive ketones (excluding diaryl/α,β-unsaturated/α-hetero) is 1. The van der Waals surface area contributed by atoms with Crippen molar-refractivity contribution in [1.82, 2.24) is 5.32 Å². The zero-order chi connectivity index (χ0) is 19.2. The van der Waals surface area contributed by atoms with Crippen LogP contribution in [0.1, 0.15) is 45.1 Å². The van der Waals surface area contributed by atoms with Crippen molar-refractivity contribution in [3.05, 3.63) is 57.9 Å². The van der Waals surface area contributed by atoms with Gasteiger partial charge in [0.15, 0.2) is 17.4 Å². The van der Waals surface area contributed by atoms with Crippen LogP contribution in [-0.2, 0) is 14.3 Å². The van der Waals surface area contributed by atoms with Gasteiger partial charge in [-0.05, 0) is 24.8 Å². The van der Waals surface area contributed by atoms with Crippen LogP contribution >= 0.6 is 0 Å². The first-order valence-electron chi connectivity index (χ1n) is 8.42. The number of rotatable bonds is 2. The SMILES string of the molecule is COC(=O)C1=C(C)NC2=C(C(=O)CC(C)(C)C2)C1c1cccc(F)c1F. The number of ketones is 1. The predicted molar refractivity (Wildman–Crippen MR) is 92.0 cm³/mol. The predicted octanol–water partition coefficient (Wildman–Crippen LogP) is 3.74. The lowest BCUT2D eigenvalue weighted by Gasteiger charge is -2.39. The van der Waals surface area contributed by atoms with E-state index in [1.165, 1.54) is 19.2 Å². The highest BCUT2D eigenvalue weighted by atomic mass is 19.2. The molecule has 1 aromatic carbocycles. The monoisotopic (exact) mass is 361 g/mol. The number of benzene rings is 1. The zero-order valence-electron chi connectivity index (χ0n) is 15.2. The lowest BCUT2D eigenvalue weighted by molar-refractivity contribution is -0.136. The van der Waals surface area contributed by atoms with Gasteiger partial charge in [0.2, 0.25) is 0 Å². The maximum atomic E-state index is 14.6. The Morgan fingerprint density at radius 1 is 1.27 bits per heavy atom. The minimum absolute atomic E-state index is 0.0354. The van der Waals surface area contributed by atoms with Crippen LogP contribution in [0.4, 0.5) is 8.78 Å². The molecule has 0 bridgehead atoms. The first kappa shape index (κ1) is 18.3. The zero-order valence-corrected chi connectivity index (χ0v) is 15.2. The van der Waals surface area contributed by atoms with E-state index < -0.39 is 23.5 Å². The van der Waals surface area contributed by atoms with Crippen molar-refractivity contribution >= 4 is 11.8 Å². The summed E-state index contributed by atoms with van der Waals surface area (Å²) in [4.78, 5) is 25.3. The molecule has 0 fully saturated rings. The maximum Gasteiger partial charge on any atom is 0.336 e. The first-order chi connectivity index (χ1) is 12.2. The normalized spacial score (nSPS) is 22.1. The van der Waals surface area contributed by atoms with E-state index in [4.69, 9.17) is 4.74 Å². The third-order valence-corrected chi connectivity index (χ3v) is 4.94. The van der Waals surface area contributed by atoms with E-state index in [9.17, 15) is 18.4 Å². The fraction of sp³-hybridized carbons (Fsp3) is 0.400. The Balaban J connectivity index is 2.26. The van der Waals surface area contributed by atoms with Crippen molar-refractivity contribution in [2.24, 2.45) is 5.41 Å². The Morgan fingerprint density at radius 2 is 1.96 bits per heavy atom. The molecule has 0 saturated heterocycles. The lowest BCUT2D eigenvalue weighted by Crippen LogP contribution is -2.38. The molecular weight excluding hydrogens is 340 g/mol. The molecule has 1 aromatic rings. The number of carbonyl (C=O) groups excluding carboxylic acids is 2. The van der Waals surface area contributed by atoms with Gasteiger partial charge in [-0.3, -0.25) is 4.79 Å². The van der Waals surface area contributed by atoms with Gasteiger partial charge in [-0.1, -0.05) is 26.0 Å². The van der Waals surface area contributed by atoms with Crippen molar-refractivity contribution in [3.63, 3.8) is 0 Å². The molecule has 26 heavy (non-hydrogen) atoms. The molecule has 0 amide bonds. The average molecular weight is 361 g/mol. The Morgan fingerprint density at radius 3 is 2.62 bits per heavy atom. The Labute approximate surface area is 150 Å². The number of dihydropyridines is 1. The Hall–Kier alpha value is -2.50. The number of halogens is 2. The molecular formula is C20H21F2NO3. The molecule has 1 unspecified atom stereocenters. The summed E-state index contributed by atoms with van der Waals surface area (Å²) in [5, 5.41) is 3.12. The van der Waals surface area contributed by atoms with E-state index in [-0.39, 0.29) is 28.8 Å². The molecule has 0 saturated carbocycles. The van der Waals surface area contributed by atoms with Crippen molar-refractivity contribution in [2.45, 2.75) is 39.5 Å². The van der Waals surface area contributed by atoms with Gasteiger partial charge in [-0.25, -0.2) is 13.6 Å². The van der Waals surface area contributed by atoms with Crippen LogP contribution in [0.25, 0.3) is 0 Å². The molecule has 0 radical (unpaired) electrons. The second-order valence-corrected chi connectivity index (χ2v) is 7.56. The highest BCUT2D eigenvalue weighted by molar-refractivity contribution is 6.04. The van der Waals surface area contributed by atoms with E-state index in [2.05, 4.69) is 5.32 Å². The molecule has 3 rings (SSSR count). The summed E-state index contributed by atoms with van der Waals surface area (Å²) in [7, 11) is 1.22. The Bertz CT molecular complexity index is 868. The first-order valence-corrected chi connectivity index (χ1v) is 8.42. The number of carbonyl (C=O) groups is 2. The molecule has 6 heteroatoms. The number of hydrogen-bond donors (Lipinski definition) is 1. The summed E-state index contributed by atoms with van der Waals surface area (Å²) >= 11 is 0. The molecule has 0 spiro atoms. The van der Waals surface area contributed by atoms with E-state index >= 15 is 0 Å². The van der Waals surface area contributed by atoms with Crippen molar-refractivity contribution in [1.29, 1.82) is 0 Å². The largest absolute Gasteiger partial charge is 0.466 e. The maximum absolute atomic E-state index is 14.6. The smallest absolute Gasteiger partial charge is 0.336 e. The number of hydrogen-bond acceptors (Lipinski definition) is 4. The number of nitrogens with one attached hydrogen (secondary N) is 1. The minimum Gasteiger partial charge on any atom is -0.466 e. The third-order valence-electron chi connectivity index (χ3n) is 4.94. The third kappa shape index (κ3) is 2.93. The van der Waals surface area contributed by atoms with Crippen LogP contribution in [0.5, 0.6) is 0 Å². The summed E-state index contributed by atoms with van der Waals surface area (Å²) in [5.41, 5.74) is 1.30. The number of ether oxygens (including phenoxy) is 1. The Kier molecular flexibility index (Phi) is 4.46. The van der Waals surface area contributed by atoms with Gasteiger partial charge in [-0.2, -0.15) is 0 Å². The van der Waals surface area contributed by atoms with Gasteiger partial charge in [0.05, 0.1) is 18.6 Å². The number of esters is 1. The van der Waals surface area contributed by atoms with Crippen molar-refractivity contribution in [2.75, 3.05) is 7.11 Å². The summed E-state index contributed by atoms with van der Waals surface area (Å²) in [6.07, 6.45) is 0.849. The minimum atomic E-state index is -1.06. The van der Waals surface area contributed by atoms with Gasteiger partial charge >= 0.3 is 5.97 Å². The fourth-order valence-electron chi connectivity index (χ4n) is 3.87.